The lowest BCUT2D eigenvalue weighted by Gasteiger charge is -2.23. The highest BCUT2D eigenvalue weighted by molar-refractivity contribution is 5.95. The van der Waals surface area contributed by atoms with Gasteiger partial charge >= 0.3 is 0 Å². The van der Waals surface area contributed by atoms with Crippen LogP contribution in [-0.4, -0.2) is 42.6 Å². The minimum absolute atomic E-state index is 0.0597. The van der Waals surface area contributed by atoms with Crippen LogP contribution < -0.4 is 0 Å². The molecule has 26 heavy (non-hydrogen) atoms. The molecule has 0 aliphatic carbocycles. The fraction of sp³-hybridized carbons (Fsp3) is 0.350. The largest absolute Gasteiger partial charge is 0.305 e. The molecule has 2 aromatic carbocycles. The van der Waals surface area contributed by atoms with E-state index in [4.69, 9.17) is 4.84 Å². The van der Waals surface area contributed by atoms with Crippen molar-refractivity contribution in [3.8, 4) is 0 Å². The number of fused-ring (bicyclic) bond motifs is 3. The van der Waals surface area contributed by atoms with E-state index in [1.165, 1.54) is 17.2 Å². The van der Waals surface area contributed by atoms with E-state index in [1.54, 1.807) is 0 Å². The lowest BCUT2D eigenvalue weighted by Crippen LogP contribution is -2.35. The van der Waals surface area contributed by atoms with Crippen molar-refractivity contribution < 1.29 is 18.4 Å². The van der Waals surface area contributed by atoms with E-state index < -0.39 is 11.6 Å². The fourth-order valence-corrected chi connectivity index (χ4v) is 4.03. The molecule has 1 amide bonds. The second kappa shape index (κ2) is 6.78. The van der Waals surface area contributed by atoms with Gasteiger partial charge in [-0.3, -0.25) is 9.63 Å². The average molecular weight is 358 g/mol. The van der Waals surface area contributed by atoms with Gasteiger partial charge in [-0.2, -0.15) is 0 Å². The fourth-order valence-electron chi connectivity index (χ4n) is 4.03. The van der Waals surface area contributed by atoms with E-state index in [0.717, 1.165) is 24.7 Å². The van der Waals surface area contributed by atoms with Crippen LogP contribution in [0, 0.1) is 17.6 Å². The lowest BCUT2D eigenvalue weighted by atomic mass is 9.87. The second-order valence-corrected chi connectivity index (χ2v) is 7.09. The number of rotatable bonds is 3. The molecule has 1 fully saturated rings. The van der Waals surface area contributed by atoms with Crippen molar-refractivity contribution in [3.63, 3.8) is 0 Å². The number of amides is 1. The maximum Gasteiger partial charge on any atom is 0.277 e. The average Bonchev–Trinajstić information content (AvgIpc) is 2.92. The highest BCUT2D eigenvalue weighted by atomic mass is 19.1. The molecule has 1 saturated heterocycles. The maximum absolute atomic E-state index is 13.4. The van der Waals surface area contributed by atoms with Crippen LogP contribution in [-0.2, 0) is 11.4 Å². The van der Waals surface area contributed by atoms with E-state index in [2.05, 4.69) is 11.9 Å². The molecule has 6 heteroatoms. The SMILES string of the molecule is CN1C[C@H]2CN(OCc3cc(F)cc(F)c3)C(=O)c3ccccc3[C@H]2C1. The number of carbonyl (C=O) groups excluding carboxylic acids is 1. The molecule has 2 aliphatic heterocycles. The topological polar surface area (TPSA) is 32.8 Å². The van der Waals surface area contributed by atoms with Crippen LogP contribution in [0.2, 0.25) is 0 Å². The van der Waals surface area contributed by atoms with Crippen molar-refractivity contribution >= 4 is 5.91 Å². The molecule has 136 valence electrons. The van der Waals surface area contributed by atoms with Gasteiger partial charge in [0.1, 0.15) is 18.2 Å². The van der Waals surface area contributed by atoms with Gasteiger partial charge in [0.25, 0.3) is 5.91 Å². The Morgan fingerprint density at radius 2 is 1.81 bits per heavy atom. The van der Waals surface area contributed by atoms with Crippen LogP contribution in [0.5, 0.6) is 0 Å². The zero-order chi connectivity index (χ0) is 18.3. The zero-order valence-electron chi connectivity index (χ0n) is 14.5. The Morgan fingerprint density at radius 3 is 2.58 bits per heavy atom. The monoisotopic (exact) mass is 358 g/mol. The molecule has 4 rings (SSSR count). The molecule has 0 aromatic heterocycles. The molecular formula is C20H20F2N2O2. The van der Waals surface area contributed by atoms with E-state index in [1.807, 2.05) is 24.3 Å². The highest BCUT2D eigenvalue weighted by Crippen LogP contribution is 2.37. The molecule has 2 aliphatic rings. The highest BCUT2D eigenvalue weighted by Gasteiger charge is 2.40. The third-order valence-corrected chi connectivity index (χ3v) is 5.15. The zero-order valence-corrected chi connectivity index (χ0v) is 14.5. The Bertz CT molecular complexity index is 822. The van der Waals surface area contributed by atoms with Crippen molar-refractivity contribution in [1.29, 1.82) is 0 Å². The second-order valence-electron chi connectivity index (χ2n) is 7.09. The van der Waals surface area contributed by atoms with Gasteiger partial charge in [0.05, 0.1) is 6.54 Å². The van der Waals surface area contributed by atoms with Gasteiger partial charge < -0.3 is 4.90 Å². The summed E-state index contributed by atoms with van der Waals surface area (Å²) in [6.07, 6.45) is 0. The first-order valence-electron chi connectivity index (χ1n) is 8.68. The third kappa shape index (κ3) is 3.22. The van der Waals surface area contributed by atoms with E-state index in [0.29, 0.717) is 17.7 Å². The van der Waals surface area contributed by atoms with Gasteiger partial charge in [-0.15, -0.1) is 0 Å². The van der Waals surface area contributed by atoms with Crippen molar-refractivity contribution in [2.75, 3.05) is 26.7 Å². The molecule has 0 unspecified atom stereocenters. The van der Waals surface area contributed by atoms with Gasteiger partial charge in [-0.05, 0) is 42.3 Å². The van der Waals surface area contributed by atoms with Crippen molar-refractivity contribution in [1.82, 2.24) is 9.96 Å². The summed E-state index contributed by atoms with van der Waals surface area (Å²) in [6.45, 7) is 2.18. The summed E-state index contributed by atoms with van der Waals surface area (Å²) in [6, 6.07) is 10.9. The standard InChI is InChI=1S/C20H20F2N2O2/c1-23-9-14-10-24(26-12-13-6-15(21)8-16(22)7-13)20(25)18-5-3-2-4-17(18)19(14)11-23/h2-8,14,19H,9-12H2,1H3/t14-,19-/m0/s1. The summed E-state index contributed by atoms with van der Waals surface area (Å²) in [5, 5.41) is 1.35. The molecule has 4 nitrogen and oxygen atoms in total. The van der Waals surface area contributed by atoms with Gasteiger partial charge in [0.2, 0.25) is 0 Å². The smallest absolute Gasteiger partial charge is 0.277 e. The minimum Gasteiger partial charge on any atom is -0.305 e. The first kappa shape index (κ1) is 17.1. The third-order valence-electron chi connectivity index (χ3n) is 5.15. The molecule has 0 radical (unpaired) electrons. The predicted octanol–water partition coefficient (Wildman–Crippen LogP) is 3.20. The molecule has 0 saturated carbocycles. The summed E-state index contributed by atoms with van der Waals surface area (Å²) in [5.74, 6) is -0.978. The molecular weight excluding hydrogens is 338 g/mol. The number of likely N-dealkylation sites (N-methyl/N-ethyl adjacent to an activating group) is 1. The van der Waals surface area contributed by atoms with Crippen LogP contribution in [0.25, 0.3) is 0 Å². The molecule has 0 spiro atoms. The van der Waals surface area contributed by atoms with Gasteiger partial charge in [-0.25, -0.2) is 13.8 Å². The van der Waals surface area contributed by atoms with Crippen LogP contribution in [0.15, 0.2) is 42.5 Å². The van der Waals surface area contributed by atoms with E-state index in [-0.39, 0.29) is 24.3 Å². The summed E-state index contributed by atoms with van der Waals surface area (Å²) >= 11 is 0. The van der Waals surface area contributed by atoms with Crippen LogP contribution in [0.3, 0.4) is 0 Å². The first-order chi connectivity index (χ1) is 12.5. The summed E-state index contributed by atoms with van der Waals surface area (Å²) in [7, 11) is 2.07. The summed E-state index contributed by atoms with van der Waals surface area (Å²) < 4.78 is 26.7. The minimum atomic E-state index is -0.659. The summed E-state index contributed by atoms with van der Waals surface area (Å²) in [4.78, 5) is 20.9. The Morgan fingerprint density at radius 1 is 1.08 bits per heavy atom. The maximum atomic E-state index is 13.4. The van der Waals surface area contributed by atoms with Crippen LogP contribution >= 0.6 is 0 Å². The van der Waals surface area contributed by atoms with Crippen LogP contribution in [0.1, 0.15) is 27.4 Å². The molecule has 0 N–H and O–H groups in total. The first-order valence-corrected chi connectivity index (χ1v) is 8.68. The quantitative estimate of drug-likeness (QED) is 0.845. The molecule has 2 atom stereocenters. The normalized spacial score (nSPS) is 22.9. The van der Waals surface area contributed by atoms with E-state index in [9.17, 15) is 13.6 Å². The van der Waals surface area contributed by atoms with Crippen molar-refractivity contribution in [3.05, 3.63) is 70.8 Å². The number of hydroxylamine groups is 2. The summed E-state index contributed by atoms with van der Waals surface area (Å²) in [5.41, 5.74) is 2.04. The number of nitrogens with zero attached hydrogens (tertiary/aromatic N) is 2. The van der Waals surface area contributed by atoms with Crippen molar-refractivity contribution in [2.45, 2.75) is 12.5 Å². The van der Waals surface area contributed by atoms with Gasteiger partial charge in [0.15, 0.2) is 0 Å². The molecule has 0 bridgehead atoms. The van der Waals surface area contributed by atoms with E-state index >= 15 is 0 Å². The number of likely N-dealkylation sites (tertiary alicyclic amines) is 1. The Labute approximate surface area is 150 Å². The number of carbonyl (C=O) groups is 1. The van der Waals surface area contributed by atoms with Gasteiger partial charge in [-0.1, -0.05) is 18.2 Å². The molecule has 2 aromatic rings. The number of benzene rings is 2. The predicted molar refractivity (Wildman–Crippen MR) is 92.4 cm³/mol. The number of halogens is 2. The Hall–Kier alpha value is -2.31. The van der Waals surface area contributed by atoms with Crippen LogP contribution in [0.4, 0.5) is 8.78 Å². The van der Waals surface area contributed by atoms with Gasteiger partial charge in [0, 0.05) is 30.6 Å². The van der Waals surface area contributed by atoms with Crippen molar-refractivity contribution in [2.24, 2.45) is 5.92 Å². The lowest BCUT2D eigenvalue weighted by molar-refractivity contribution is -0.139. The number of hydrogen-bond donors (Lipinski definition) is 0. The Kier molecular flexibility index (Phi) is 4.46. The molecule has 2 heterocycles. The number of hydrogen-bond acceptors (Lipinski definition) is 3. The Balaban J connectivity index is 1.59.